The third kappa shape index (κ3) is 10.5. The highest BCUT2D eigenvalue weighted by Gasteiger charge is 2.10. The molecular weight excluding hydrogens is 358 g/mol. The van der Waals surface area contributed by atoms with Crippen molar-refractivity contribution in [3.05, 3.63) is 23.8 Å². The molecule has 0 fully saturated rings. The van der Waals surface area contributed by atoms with Gasteiger partial charge in [0.15, 0.2) is 11.5 Å². The van der Waals surface area contributed by atoms with Crippen LogP contribution < -0.4 is 14.8 Å². The highest BCUT2D eigenvalue weighted by Crippen LogP contribution is 2.28. The fourth-order valence-electron chi connectivity index (χ4n) is 2.89. The van der Waals surface area contributed by atoms with Crippen molar-refractivity contribution in [2.75, 3.05) is 20.3 Å². The van der Waals surface area contributed by atoms with Crippen LogP contribution in [0.3, 0.4) is 0 Å². The molecule has 0 saturated heterocycles. The monoisotopic (exact) mass is 395 g/mol. The van der Waals surface area contributed by atoms with E-state index >= 15 is 0 Å². The quantitative estimate of drug-likeness (QED) is 0.372. The first kappa shape index (κ1) is 24.2. The summed E-state index contributed by atoms with van der Waals surface area (Å²) in [5.41, 5.74) is 0.932. The summed E-state index contributed by atoms with van der Waals surface area (Å²) in [6.07, 6.45) is 7.98. The van der Waals surface area contributed by atoms with Crippen molar-refractivity contribution in [2.24, 2.45) is 0 Å². The minimum atomic E-state index is -0.627. The predicted molar refractivity (Wildman–Crippen MR) is 111 cm³/mol. The molecule has 0 aliphatic heterocycles. The Bertz CT molecular complexity index is 550. The molecule has 28 heavy (non-hydrogen) atoms. The van der Waals surface area contributed by atoms with E-state index in [0.717, 1.165) is 18.4 Å². The summed E-state index contributed by atoms with van der Waals surface area (Å²) >= 11 is 0. The van der Waals surface area contributed by atoms with E-state index in [1.165, 1.54) is 25.7 Å². The molecule has 160 valence electrons. The maximum absolute atomic E-state index is 12.0. The van der Waals surface area contributed by atoms with Gasteiger partial charge in [-0.25, -0.2) is 0 Å². The largest absolute Gasteiger partial charge is 0.493 e. The Kier molecular flexibility index (Phi) is 13.1. The van der Waals surface area contributed by atoms with Crippen molar-refractivity contribution in [3.8, 4) is 11.5 Å². The van der Waals surface area contributed by atoms with Gasteiger partial charge in [-0.3, -0.25) is 4.79 Å². The highest BCUT2D eigenvalue weighted by molar-refractivity contribution is 5.75. The molecule has 1 atom stereocenters. The number of rotatable bonds is 16. The van der Waals surface area contributed by atoms with Crippen molar-refractivity contribution < 1.29 is 24.5 Å². The van der Waals surface area contributed by atoms with E-state index in [9.17, 15) is 9.90 Å². The van der Waals surface area contributed by atoms with Crippen LogP contribution in [0.15, 0.2) is 18.2 Å². The Morgan fingerprint density at radius 2 is 1.86 bits per heavy atom. The summed E-state index contributed by atoms with van der Waals surface area (Å²) in [7, 11) is 1.56. The summed E-state index contributed by atoms with van der Waals surface area (Å²) in [6.45, 7) is 2.85. The van der Waals surface area contributed by atoms with E-state index in [-0.39, 0.29) is 19.1 Å². The Morgan fingerprint density at radius 3 is 2.57 bits per heavy atom. The zero-order chi connectivity index (χ0) is 20.6. The zero-order valence-corrected chi connectivity index (χ0v) is 17.4. The standard InChI is InChI=1S/C22H37NO5/c1-3-4-5-6-7-8-11-22(26)23-16-18-12-13-20(21(15-18)27-2)28-17-19(25)10-9-14-24/h12-13,15,19,24-25H,3-11,14,16-17H2,1-2H3,(H,23,26). The molecule has 3 N–H and O–H groups in total. The van der Waals surface area contributed by atoms with Gasteiger partial charge in [0.2, 0.25) is 5.91 Å². The van der Waals surface area contributed by atoms with Gasteiger partial charge in [0.05, 0.1) is 13.2 Å². The number of hydrogen-bond acceptors (Lipinski definition) is 5. The van der Waals surface area contributed by atoms with Crippen LogP contribution in [0, 0.1) is 0 Å². The molecule has 1 unspecified atom stereocenters. The second kappa shape index (κ2) is 15.2. The number of amides is 1. The molecule has 6 heteroatoms. The summed E-state index contributed by atoms with van der Waals surface area (Å²) < 4.78 is 11.0. The Labute approximate surface area is 169 Å². The minimum Gasteiger partial charge on any atom is -0.493 e. The van der Waals surface area contributed by atoms with Gasteiger partial charge < -0.3 is 25.0 Å². The number of ether oxygens (including phenoxy) is 2. The number of hydrogen-bond donors (Lipinski definition) is 3. The minimum absolute atomic E-state index is 0.0552. The Balaban J connectivity index is 2.37. The van der Waals surface area contributed by atoms with Crippen LogP contribution in [0.2, 0.25) is 0 Å². The second-order valence-corrected chi connectivity index (χ2v) is 7.11. The molecule has 0 aromatic heterocycles. The topological polar surface area (TPSA) is 88.0 Å². The van der Waals surface area contributed by atoms with Crippen molar-refractivity contribution in [2.45, 2.75) is 77.4 Å². The number of nitrogens with one attached hydrogen (secondary N) is 1. The molecule has 1 aromatic carbocycles. The molecule has 1 aromatic rings. The van der Waals surface area contributed by atoms with Gasteiger partial charge in [0.1, 0.15) is 6.61 Å². The fourth-order valence-corrected chi connectivity index (χ4v) is 2.89. The first-order valence-electron chi connectivity index (χ1n) is 10.5. The van der Waals surface area contributed by atoms with Crippen LogP contribution in [0.4, 0.5) is 0 Å². The van der Waals surface area contributed by atoms with Crippen LogP contribution in [0.1, 0.15) is 70.3 Å². The van der Waals surface area contributed by atoms with Gasteiger partial charge in [-0.05, 0) is 37.0 Å². The lowest BCUT2D eigenvalue weighted by molar-refractivity contribution is -0.121. The molecule has 0 aliphatic carbocycles. The number of aliphatic hydroxyl groups excluding tert-OH is 2. The lowest BCUT2D eigenvalue weighted by Gasteiger charge is -2.15. The molecule has 0 aliphatic rings. The average molecular weight is 396 g/mol. The van der Waals surface area contributed by atoms with Gasteiger partial charge in [-0.15, -0.1) is 0 Å². The van der Waals surface area contributed by atoms with E-state index in [4.69, 9.17) is 14.6 Å². The molecule has 0 saturated carbocycles. The second-order valence-electron chi connectivity index (χ2n) is 7.11. The fraction of sp³-hybridized carbons (Fsp3) is 0.682. The summed E-state index contributed by atoms with van der Waals surface area (Å²) in [4.78, 5) is 12.0. The van der Waals surface area contributed by atoms with E-state index in [2.05, 4.69) is 12.2 Å². The van der Waals surface area contributed by atoms with Crippen molar-refractivity contribution in [1.29, 1.82) is 0 Å². The first-order chi connectivity index (χ1) is 13.6. The van der Waals surface area contributed by atoms with E-state index in [0.29, 0.717) is 37.3 Å². The normalized spacial score (nSPS) is 11.9. The lowest BCUT2D eigenvalue weighted by Crippen LogP contribution is -2.22. The molecule has 0 radical (unpaired) electrons. The summed E-state index contributed by atoms with van der Waals surface area (Å²) in [5.74, 6) is 1.19. The third-order valence-corrected chi connectivity index (χ3v) is 4.60. The number of carbonyl (C=O) groups excluding carboxylic acids is 1. The Morgan fingerprint density at radius 1 is 1.11 bits per heavy atom. The van der Waals surface area contributed by atoms with E-state index < -0.39 is 6.10 Å². The maximum Gasteiger partial charge on any atom is 0.220 e. The van der Waals surface area contributed by atoms with Crippen LogP contribution in [0.5, 0.6) is 11.5 Å². The zero-order valence-electron chi connectivity index (χ0n) is 17.4. The third-order valence-electron chi connectivity index (χ3n) is 4.60. The van der Waals surface area contributed by atoms with Crippen molar-refractivity contribution in [3.63, 3.8) is 0 Å². The molecule has 6 nitrogen and oxygen atoms in total. The number of methoxy groups -OCH3 is 1. The molecule has 0 spiro atoms. The van der Waals surface area contributed by atoms with Gasteiger partial charge in [0, 0.05) is 19.6 Å². The molecule has 0 heterocycles. The van der Waals surface area contributed by atoms with Crippen molar-refractivity contribution in [1.82, 2.24) is 5.32 Å². The molecule has 0 bridgehead atoms. The predicted octanol–water partition coefficient (Wildman–Crippen LogP) is 3.57. The lowest BCUT2D eigenvalue weighted by atomic mass is 10.1. The van der Waals surface area contributed by atoms with Gasteiger partial charge in [-0.2, -0.15) is 0 Å². The number of aliphatic hydroxyl groups is 2. The SMILES string of the molecule is CCCCCCCCC(=O)NCc1ccc(OCC(O)CCCO)c(OC)c1. The van der Waals surface area contributed by atoms with Crippen LogP contribution in [-0.2, 0) is 11.3 Å². The smallest absolute Gasteiger partial charge is 0.220 e. The van der Waals surface area contributed by atoms with Crippen LogP contribution >= 0.6 is 0 Å². The number of unbranched alkanes of at least 4 members (excludes halogenated alkanes) is 5. The van der Waals surface area contributed by atoms with Crippen LogP contribution in [0.25, 0.3) is 0 Å². The average Bonchev–Trinajstić information content (AvgIpc) is 2.71. The summed E-state index contributed by atoms with van der Waals surface area (Å²) in [6, 6.07) is 5.50. The highest BCUT2D eigenvalue weighted by atomic mass is 16.5. The van der Waals surface area contributed by atoms with Gasteiger partial charge >= 0.3 is 0 Å². The molecule has 1 rings (SSSR count). The Hall–Kier alpha value is -1.79. The van der Waals surface area contributed by atoms with Gasteiger partial charge in [0.25, 0.3) is 0 Å². The summed E-state index contributed by atoms with van der Waals surface area (Å²) in [5, 5.41) is 21.6. The van der Waals surface area contributed by atoms with Crippen LogP contribution in [-0.4, -0.2) is 42.5 Å². The molecule has 1 amide bonds. The number of benzene rings is 1. The maximum atomic E-state index is 12.0. The first-order valence-corrected chi connectivity index (χ1v) is 10.5. The van der Waals surface area contributed by atoms with E-state index in [1.54, 1.807) is 13.2 Å². The van der Waals surface area contributed by atoms with E-state index in [1.807, 2.05) is 12.1 Å². The van der Waals surface area contributed by atoms with Gasteiger partial charge in [-0.1, -0.05) is 45.1 Å². The van der Waals surface area contributed by atoms with Crippen molar-refractivity contribution >= 4 is 5.91 Å². The number of carbonyl (C=O) groups is 1. The molecular formula is C22H37NO5.